The average molecular weight is 368 g/mol. The fourth-order valence-corrected chi connectivity index (χ4v) is 3.40. The molecule has 1 heterocycles. The number of urea groups is 1. The number of nitrogens with one attached hydrogen (secondary N) is 1. The average Bonchev–Trinajstić information content (AvgIpc) is 2.73. The normalized spacial score (nSPS) is 14.6. The molecule has 2 aromatic carbocycles. The predicted molar refractivity (Wildman–Crippen MR) is 106 cm³/mol. The van der Waals surface area contributed by atoms with Gasteiger partial charge in [-0.15, -0.1) is 0 Å². The highest BCUT2D eigenvalue weighted by atomic mass is 16.5. The molecule has 27 heavy (non-hydrogen) atoms. The fraction of sp³-hybridized carbons (Fsp3) is 0.409. The Morgan fingerprint density at radius 3 is 2.37 bits per heavy atom. The summed E-state index contributed by atoms with van der Waals surface area (Å²) in [4.78, 5) is 14.2. The molecular formula is C22H28N2O3. The number of carbonyl (C=O) groups excluding carboxylic acids is 1. The third-order valence-corrected chi connectivity index (χ3v) is 4.98. The Kier molecular flexibility index (Phi) is 6.97. The van der Waals surface area contributed by atoms with Crippen molar-refractivity contribution in [1.82, 2.24) is 10.2 Å². The number of benzene rings is 2. The van der Waals surface area contributed by atoms with Crippen molar-refractivity contribution in [3.63, 3.8) is 0 Å². The number of methoxy groups -OCH3 is 1. The second-order valence-electron chi connectivity index (χ2n) is 6.88. The van der Waals surface area contributed by atoms with Crippen LogP contribution >= 0.6 is 0 Å². The lowest BCUT2D eigenvalue weighted by molar-refractivity contribution is 0.168. The molecule has 2 aromatic rings. The van der Waals surface area contributed by atoms with E-state index in [0.29, 0.717) is 19.1 Å². The molecule has 144 valence electrons. The molecule has 1 saturated heterocycles. The van der Waals surface area contributed by atoms with Crippen LogP contribution in [0, 0.1) is 5.92 Å². The van der Waals surface area contributed by atoms with E-state index in [9.17, 15) is 4.79 Å². The molecule has 0 spiro atoms. The molecule has 1 aliphatic rings. The van der Waals surface area contributed by atoms with Gasteiger partial charge in [0.1, 0.15) is 18.1 Å². The lowest BCUT2D eigenvalue weighted by Gasteiger charge is -2.32. The van der Waals surface area contributed by atoms with E-state index in [4.69, 9.17) is 9.47 Å². The molecule has 5 nitrogen and oxygen atoms in total. The Bertz CT molecular complexity index is 695. The molecule has 2 amide bonds. The third kappa shape index (κ3) is 5.91. The zero-order valence-corrected chi connectivity index (χ0v) is 15.9. The summed E-state index contributed by atoms with van der Waals surface area (Å²) in [7, 11) is 1.63. The largest absolute Gasteiger partial charge is 0.497 e. The Balaban J connectivity index is 1.32. The Labute approximate surface area is 161 Å². The van der Waals surface area contributed by atoms with Gasteiger partial charge in [-0.05, 0) is 55.0 Å². The summed E-state index contributed by atoms with van der Waals surface area (Å²) in [5.74, 6) is 2.23. The highest BCUT2D eigenvalue weighted by Crippen LogP contribution is 2.21. The van der Waals surface area contributed by atoms with E-state index < -0.39 is 0 Å². The zero-order chi connectivity index (χ0) is 18.9. The zero-order valence-electron chi connectivity index (χ0n) is 15.9. The molecule has 0 aliphatic carbocycles. The summed E-state index contributed by atoms with van der Waals surface area (Å²) in [5.41, 5.74) is 1.39. The molecular weight excluding hydrogens is 340 g/mol. The van der Waals surface area contributed by atoms with Crippen molar-refractivity contribution in [2.45, 2.75) is 19.3 Å². The summed E-state index contributed by atoms with van der Waals surface area (Å²) in [5, 5.41) is 2.95. The predicted octanol–water partition coefficient (Wildman–Crippen LogP) is 3.74. The minimum absolute atomic E-state index is 0.00601. The van der Waals surface area contributed by atoms with Crippen LogP contribution in [0.25, 0.3) is 0 Å². The van der Waals surface area contributed by atoms with E-state index in [1.807, 2.05) is 29.2 Å². The molecule has 5 heteroatoms. The molecule has 0 radical (unpaired) electrons. The number of hydrogen-bond acceptors (Lipinski definition) is 3. The molecule has 1 N–H and O–H groups in total. The van der Waals surface area contributed by atoms with Crippen LogP contribution in [0.4, 0.5) is 4.79 Å². The molecule has 0 saturated carbocycles. The number of likely N-dealkylation sites (tertiary alicyclic amines) is 1. The standard InChI is InChI=1S/C22H28N2O3/c1-26-20-7-9-21(10-8-20)27-16-13-23-22(25)24-14-11-19(12-15-24)17-18-5-3-2-4-6-18/h2-10,19H,11-17H2,1H3,(H,23,25). The SMILES string of the molecule is COc1ccc(OCCNC(=O)N2CCC(Cc3ccccc3)CC2)cc1. The number of ether oxygens (including phenoxy) is 2. The van der Waals surface area contributed by atoms with E-state index in [1.54, 1.807) is 7.11 Å². The van der Waals surface area contributed by atoms with Crippen molar-refractivity contribution >= 4 is 6.03 Å². The van der Waals surface area contributed by atoms with Crippen molar-refractivity contribution in [2.24, 2.45) is 5.92 Å². The summed E-state index contributed by atoms with van der Waals surface area (Å²) in [6.45, 7) is 2.59. The van der Waals surface area contributed by atoms with Crippen molar-refractivity contribution in [3.8, 4) is 11.5 Å². The van der Waals surface area contributed by atoms with Gasteiger partial charge >= 0.3 is 6.03 Å². The Morgan fingerprint density at radius 2 is 1.70 bits per heavy atom. The third-order valence-electron chi connectivity index (χ3n) is 4.98. The Hall–Kier alpha value is -2.69. The van der Waals surface area contributed by atoms with Gasteiger partial charge in [-0.3, -0.25) is 0 Å². The van der Waals surface area contributed by atoms with Crippen LogP contribution in [0.3, 0.4) is 0 Å². The van der Waals surface area contributed by atoms with E-state index in [0.717, 1.165) is 43.9 Å². The molecule has 1 aliphatic heterocycles. The van der Waals surface area contributed by atoms with Gasteiger partial charge in [-0.1, -0.05) is 30.3 Å². The van der Waals surface area contributed by atoms with Crippen molar-refractivity contribution < 1.29 is 14.3 Å². The maximum absolute atomic E-state index is 12.3. The van der Waals surface area contributed by atoms with Gasteiger partial charge < -0.3 is 19.7 Å². The minimum atomic E-state index is 0.00601. The fourth-order valence-electron chi connectivity index (χ4n) is 3.40. The van der Waals surface area contributed by atoms with E-state index in [1.165, 1.54) is 5.56 Å². The van der Waals surface area contributed by atoms with Crippen LogP contribution in [0.1, 0.15) is 18.4 Å². The van der Waals surface area contributed by atoms with Gasteiger partial charge in [0, 0.05) is 13.1 Å². The van der Waals surface area contributed by atoms with E-state index in [2.05, 4.69) is 35.6 Å². The quantitative estimate of drug-likeness (QED) is 0.758. The number of rotatable bonds is 7. The molecule has 0 bridgehead atoms. The highest BCUT2D eigenvalue weighted by Gasteiger charge is 2.22. The highest BCUT2D eigenvalue weighted by molar-refractivity contribution is 5.74. The van der Waals surface area contributed by atoms with Crippen molar-refractivity contribution in [3.05, 3.63) is 60.2 Å². The van der Waals surface area contributed by atoms with Crippen LogP contribution in [0.2, 0.25) is 0 Å². The number of hydrogen-bond donors (Lipinski definition) is 1. The maximum atomic E-state index is 12.3. The molecule has 0 aromatic heterocycles. The van der Waals surface area contributed by atoms with Gasteiger partial charge in [-0.2, -0.15) is 0 Å². The Morgan fingerprint density at radius 1 is 1.04 bits per heavy atom. The van der Waals surface area contributed by atoms with Crippen LogP contribution in [0.15, 0.2) is 54.6 Å². The number of carbonyl (C=O) groups is 1. The first-order valence-electron chi connectivity index (χ1n) is 9.58. The summed E-state index contributed by atoms with van der Waals surface area (Å²) < 4.78 is 10.8. The van der Waals surface area contributed by atoms with Gasteiger partial charge in [-0.25, -0.2) is 4.79 Å². The lowest BCUT2D eigenvalue weighted by Crippen LogP contribution is -2.45. The first kappa shape index (κ1) is 19.1. The van der Waals surface area contributed by atoms with Crippen molar-refractivity contribution in [2.75, 3.05) is 33.4 Å². The molecule has 0 atom stereocenters. The minimum Gasteiger partial charge on any atom is -0.497 e. The maximum Gasteiger partial charge on any atom is 0.317 e. The van der Waals surface area contributed by atoms with Crippen molar-refractivity contribution in [1.29, 1.82) is 0 Å². The van der Waals surface area contributed by atoms with E-state index in [-0.39, 0.29) is 6.03 Å². The number of amides is 2. The van der Waals surface area contributed by atoms with E-state index >= 15 is 0 Å². The monoisotopic (exact) mass is 368 g/mol. The van der Waals surface area contributed by atoms with Gasteiger partial charge in [0.05, 0.1) is 13.7 Å². The summed E-state index contributed by atoms with van der Waals surface area (Å²) in [6, 6.07) is 18.0. The summed E-state index contributed by atoms with van der Waals surface area (Å²) >= 11 is 0. The number of piperidine rings is 1. The van der Waals surface area contributed by atoms with Crippen LogP contribution < -0.4 is 14.8 Å². The molecule has 0 unspecified atom stereocenters. The topological polar surface area (TPSA) is 50.8 Å². The first-order chi connectivity index (χ1) is 13.2. The van der Waals surface area contributed by atoms with Gasteiger partial charge in [0.2, 0.25) is 0 Å². The smallest absolute Gasteiger partial charge is 0.317 e. The van der Waals surface area contributed by atoms with Crippen LogP contribution in [-0.2, 0) is 6.42 Å². The second kappa shape index (κ2) is 9.86. The number of nitrogens with zero attached hydrogens (tertiary/aromatic N) is 1. The van der Waals surface area contributed by atoms with Gasteiger partial charge in [0.25, 0.3) is 0 Å². The van der Waals surface area contributed by atoms with Crippen LogP contribution in [0.5, 0.6) is 11.5 Å². The molecule has 3 rings (SSSR count). The second-order valence-corrected chi connectivity index (χ2v) is 6.88. The summed E-state index contributed by atoms with van der Waals surface area (Å²) in [6.07, 6.45) is 3.22. The first-order valence-corrected chi connectivity index (χ1v) is 9.58. The van der Waals surface area contributed by atoms with Gasteiger partial charge in [0.15, 0.2) is 0 Å². The lowest BCUT2D eigenvalue weighted by atomic mass is 9.90. The van der Waals surface area contributed by atoms with Crippen LogP contribution in [-0.4, -0.2) is 44.3 Å². The molecule has 1 fully saturated rings.